The van der Waals surface area contributed by atoms with Gasteiger partial charge in [-0.15, -0.1) is 0 Å². The van der Waals surface area contributed by atoms with Crippen LogP contribution < -0.4 is 4.74 Å². The molecule has 2 heterocycles. The van der Waals surface area contributed by atoms with Crippen LogP contribution in [-0.2, 0) is 27.6 Å². The number of benzene rings is 1. The van der Waals surface area contributed by atoms with Crippen LogP contribution in [0.3, 0.4) is 0 Å². The first-order valence-corrected chi connectivity index (χ1v) is 18.2. The number of para-hydroxylation sites is 1. The SMILES string of the molecule is C[SiH]1O[SiH](C)O[Si](C)(CCCc2ccccc2OCC2CO2)O[SiH](C)O1. The topological polar surface area (TPSA) is 58.7 Å². The standard InChI is InChI=1S/C16H30O6Si4/c1-23-19-24(2)21-26(4,22-25(3)20-23)11-7-9-14-8-5-6-10-16(14)18-13-15-12-17-15/h5-6,8,10,15,23-25H,7,9,11-13H2,1-4H3. The maximum Gasteiger partial charge on any atom is 0.317 e. The summed E-state index contributed by atoms with van der Waals surface area (Å²) >= 11 is 0. The van der Waals surface area contributed by atoms with Gasteiger partial charge >= 0.3 is 8.56 Å². The lowest BCUT2D eigenvalue weighted by atomic mass is 10.1. The van der Waals surface area contributed by atoms with Crippen LogP contribution >= 0.6 is 0 Å². The van der Waals surface area contributed by atoms with Gasteiger partial charge in [-0.25, -0.2) is 0 Å². The van der Waals surface area contributed by atoms with Gasteiger partial charge in [0.25, 0.3) is 27.9 Å². The van der Waals surface area contributed by atoms with Gasteiger partial charge < -0.3 is 25.9 Å². The van der Waals surface area contributed by atoms with Gasteiger partial charge in [-0.3, -0.25) is 0 Å². The van der Waals surface area contributed by atoms with Crippen molar-refractivity contribution in [2.75, 3.05) is 13.2 Å². The minimum absolute atomic E-state index is 0.273. The Morgan fingerprint density at radius 3 is 2.38 bits per heavy atom. The van der Waals surface area contributed by atoms with Crippen LogP contribution in [0, 0.1) is 0 Å². The molecule has 0 bridgehead atoms. The van der Waals surface area contributed by atoms with Gasteiger partial charge in [0.05, 0.1) is 6.61 Å². The van der Waals surface area contributed by atoms with Crippen LogP contribution in [0.15, 0.2) is 24.3 Å². The van der Waals surface area contributed by atoms with Gasteiger partial charge in [0, 0.05) is 0 Å². The fourth-order valence-corrected chi connectivity index (χ4v) is 18.0. The maximum atomic E-state index is 6.35. The third kappa shape index (κ3) is 6.39. The zero-order valence-electron chi connectivity index (χ0n) is 16.1. The molecule has 0 spiro atoms. The predicted molar refractivity (Wildman–Crippen MR) is 110 cm³/mol. The van der Waals surface area contributed by atoms with E-state index in [1.807, 2.05) is 12.1 Å². The third-order valence-electron chi connectivity index (χ3n) is 4.47. The highest BCUT2D eigenvalue weighted by molar-refractivity contribution is 6.81. The van der Waals surface area contributed by atoms with Gasteiger partial charge in [0.2, 0.25) is 0 Å². The van der Waals surface area contributed by atoms with Crippen LogP contribution in [0.2, 0.25) is 32.2 Å². The van der Waals surface area contributed by atoms with Gasteiger partial charge in [0.15, 0.2) is 0 Å². The molecule has 10 heteroatoms. The van der Waals surface area contributed by atoms with Crippen molar-refractivity contribution in [3.05, 3.63) is 29.8 Å². The molecule has 26 heavy (non-hydrogen) atoms. The molecule has 0 N–H and O–H groups in total. The zero-order chi connectivity index (χ0) is 18.6. The normalized spacial score (nSPS) is 34.8. The molecule has 6 nitrogen and oxygen atoms in total. The average Bonchev–Trinajstić information content (AvgIpc) is 3.36. The lowest BCUT2D eigenvalue weighted by Gasteiger charge is -2.37. The van der Waals surface area contributed by atoms with Gasteiger partial charge in [0.1, 0.15) is 18.5 Å². The van der Waals surface area contributed by atoms with Crippen molar-refractivity contribution in [3.8, 4) is 5.75 Å². The average molecular weight is 431 g/mol. The summed E-state index contributed by atoms with van der Waals surface area (Å²) in [5.41, 5.74) is 1.24. The minimum atomic E-state index is -2.24. The monoisotopic (exact) mass is 430 g/mol. The first kappa shape index (κ1) is 20.4. The molecule has 0 saturated carbocycles. The smallest absolute Gasteiger partial charge is 0.317 e. The molecule has 3 rings (SSSR count). The molecule has 146 valence electrons. The Labute approximate surface area is 162 Å². The van der Waals surface area contributed by atoms with E-state index >= 15 is 0 Å². The number of epoxide rings is 1. The summed E-state index contributed by atoms with van der Waals surface area (Å²) in [7, 11) is -7.13. The highest BCUT2D eigenvalue weighted by Gasteiger charge is 2.39. The molecule has 3 unspecified atom stereocenters. The van der Waals surface area contributed by atoms with Crippen molar-refractivity contribution >= 4 is 36.4 Å². The molecule has 2 aliphatic heterocycles. The molecule has 1 aromatic rings. The quantitative estimate of drug-likeness (QED) is 0.488. The first-order valence-electron chi connectivity index (χ1n) is 9.42. The van der Waals surface area contributed by atoms with E-state index < -0.39 is 36.4 Å². The van der Waals surface area contributed by atoms with E-state index in [0.717, 1.165) is 31.2 Å². The lowest BCUT2D eigenvalue weighted by Crippen LogP contribution is -2.53. The van der Waals surface area contributed by atoms with Crippen molar-refractivity contribution < 1.29 is 25.9 Å². The number of hydrogen-bond acceptors (Lipinski definition) is 6. The summed E-state index contributed by atoms with van der Waals surface area (Å²) in [6.45, 7) is 9.85. The zero-order valence-corrected chi connectivity index (χ0v) is 20.6. The number of rotatable bonds is 7. The van der Waals surface area contributed by atoms with E-state index in [0.29, 0.717) is 6.61 Å². The maximum absolute atomic E-state index is 6.35. The van der Waals surface area contributed by atoms with E-state index in [4.69, 9.17) is 25.9 Å². The Balaban J connectivity index is 1.54. The number of ether oxygens (including phenoxy) is 2. The Kier molecular flexibility index (Phi) is 7.27. The Hall–Kier alpha value is -0.312. The van der Waals surface area contributed by atoms with Crippen LogP contribution in [0.5, 0.6) is 5.75 Å². The molecule has 2 aliphatic rings. The van der Waals surface area contributed by atoms with Crippen molar-refractivity contribution in [1.82, 2.24) is 0 Å². The molecule has 0 aromatic heterocycles. The summed E-state index contributed by atoms with van der Waals surface area (Å²) in [5.74, 6) is 0.964. The predicted octanol–water partition coefficient (Wildman–Crippen LogP) is 2.10. The summed E-state index contributed by atoms with van der Waals surface area (Å²) in [6.07, 6.45) is 2.24. The second-order valence-corrected chi connectivity index (χ2v) is 17.3. The van der Waals surface area contributed by atoms with Crippen LogP contribution in [0.4, 0.5) is 0 Å². The Bertz CT molecular complexity index is 574. The molecular formula is C16H30O6Si4. The Morgan fingerprint density at radius 1 is 1.08 bits per heavy atom. The molecule has 3 atom stereocenters. The lowest BCUT2D eigenvalue weighted by molar-refractivity contribution is 0.260. The van der Waals surface area contributed by atoms with E-state index in [1.54, 1.807) is 0 Å². The van der Waals surface area contributed by atoms with Crippen LogP contribution in [0.25, 0.3) is 0 Å². The minimum Gasteiger partial charge on any atom is -0.491 e. The van der Waals surface area contributed by atoms with Crippen LogP contribution in [0.1, 0.15) is 12.0 Å². The molecule has 0 aliphatic carbocycles. The van der Waals surface area contributed by atoms with E-state index in [9.17, 15) is 0 Å². The summed E-state index contributed by atoms with van der Waals surface area (Å²) in [6, 6.07) is 9.21. The molecular weight excluding hydrogens is 401 g/mol. The molecule has 1 aromatic carbocycles. The van der Waals surface area contributed by atoms with Gasteiger partial charge in [-0.05, 0) is 56.7 Å². The third-order valence-corrected chi connectivity index (χ3v) is 18.5. The molecule has 2 saturated heterocycles. The second-order valence-electron chi connectivity index (χ2n) is 7.07. The number of hydrogen-bond donors (Lipinski definition) is 0. The van der Waals surface area contributed by atoms with Crippen molar-refractivity contribution in [3.63, 3.8) is 0 Å². The fourth-order valence-electron chi connectivity index (χ4n) is 3.27. The van der Waals surface area contributed by atoms with E-state index in [1.165, 1.54) is 5.56 Å². The molecule has 0 amide bonds. The number of aryl methyl sites for hydroxylation is 1. The van der Waals surface area contributed by atoms with Crippen molar-refractivity contribution in [2.24, 2.45) is 0 Å². The van der Waals surface area contributed by atoms with E-state index in [2.05, 4.69) is 38.3 Å². The second kappa shape index (κ2) is 9.25. The van der Waals surface area contributed by atoms with Crippen LogP contribution in [-0.4, -0.2) is 55.7 Å². The largest absolute Gasteiger partial charge is 0.491 e. The Morgan fingerprint density at radius 2 is 1.73 bits per heavy atom. The van der Waals surface area contributed by atoms with Gasteiger partial charge in [-0.2, -0.15) is 0 Å². The van der Waals surface area contributed by atoms with Crippen molar-refractivity contribution in [1.29, 1.82) is 0 Å². The highest BCUT2D eigenvalue weighted by atomic mass is 28.5. The summed E-state index contributed by atoms with van der Waals surface area (Å²) in [4.78, 5) is 0. The summed E-state index contributed by atoms with van der Waals surface area (Å²) < 4.78 is 35.8. The van der Waals surface area contributed by atoms with Crippen molar-refractivity contribution in [2.45, 2.75) is 51.2 Å². The molecule has 0 radical (unpaired) electrons. The first-order chi connectivity index (χ1) is 12.4. The highest BCUT2D eigenvalue weighted by Crippen LogP contribution is 2.26. The summed E-state index contributed by atoms with van der Waals surface area (Å²) in [5, 5.41) is 0. The van der Waals surface area contributed by atoms with E-state index in [-0.39, 0.29) is 6.10 Å². The fraction of sp³-hybridized carbons (Fsp3) is 0.625. The molecule has 2 fully saturated rings. The van der Waals surface area contributed by atoms with Gasteiger partial charge in [-0.1, -0.05) is 18.2 Å².